The molecule has 0 saturated carbocycles. The highest BCUT2D eigenvalue weighted by molar-refractivity contribution is 5.89. The monoisotopic (exact) mass is 265 g/mol. The Hall–Kier alpha value is -1.75. The third kappa shape index (κ3) is 6.10. The molecule has 0 heterocycles. The normalized spacial score (nSPS) is 11.1. The number of methoxy groups -OCH3 is 1. The average Bonchev–Trinajstić information content (AvgIpc) is 2.34. The smallest absolute Gasteiger partial charge is 0.319 e. The number of rotatable bonds is 6. The Kier molecular flexibility index (Phi) is 5.63. The van der Waals surface area contributed by atoms with Crippen LogP contribution >= 0.6 is 0 Å². The van der Waals surface area contributed by atoms with E-state index in [1.165, 1.54) is 0 Å². The van der Waals surface area contributed by atoms with Crippen molar-refractivity contribution in [3.05, 3.63) is 24.3 Å². The van der Waals surface area contributed by atoms with Crippen molar-refractivity contribution >= 4 is 17.4 Å². The molecule has 106 valence electrons. The molecule has 0 aliphatic rings. The summed E-state index contributed by atoms with van der Waals surface area (Å²) in [6.07, 6.45) is 0.891. The van der Waals surface area contributed by atoms with Gasteiger partial charge in [-0.05, 0) is 30.0 Å². The number of anilines is 2. The van der Waals surface area contributed by atoms with Crippen LogP contribution in [0.1, 0.15) is 20.3 Å². The van der Waals surface area contributed by atoms with E-state index in [4.69, 9.17) is 10.5 Å². The fraction of sp³-hybridized carbons (Fsp3) is 0.500. The molecule has 0 aromatic heterocycles. The van der Waals surface area contributed by atoms with Crippen LogP contribution in [-0.2, 0) is 4.74 Å². The van der Waals surface area contributed by atoms with E-state index in [-0.39, 0.29) is 11.4 Å². The van der Waals surface area contributed by atoms with E-state index in [2.05, 4.69) is 24.5 Å². The first kappa shape index (κ1) is 15.3. The Labute approximate surface area is 114 Å². The van der Waals surface area contributed by atoms with Crippen LogP contribution in [0.2, 0.25) is 0 Å². The van der Waals surface area contributed by atoms with E-state index in [0.717, 1.165) is 6.42 Å². The topological polar surface area (TPSA) is 76.4 Å². The minimum absolute atomic E-state index is 0.00304. The van der Waals surface area contributed by atoms with Crippen LogP contribution < -0.4 is 16.4 Å². The number of carbonyl (C=O) groups is 1. The minimum atomic E-state index is -0.226. The van der Waals surface area contributed by atoms with Crippen molar-refractivity contribution in [1.29, 1.82) is 0 Å². The number of nitrogens with two attached hydrogens (primary N) is 1. The van der Waals surface area contributed by atoms with E-state index in [1.807, 2.05) is 0 Å². The fourth-order valence-electron chi connectivity index (χ4n) is 1.58. The lowest BCUT2D eigenvalue weighted by atomic mass is 9.90. The maximum atomic E-state index is 11.7. The van der Waals surface area contributed by atoms with Gasteiger partial charge in [-0.15, -0.1) is 0 Å². The summed E-state index contributed by atoms with van der Waals surface area (Å²) in [4.78, 5) is 11.7. The zero-order valence-corrected chi connectivity index (χ0v) is 11.8. The third-order valence-electron chi connectivity index (χ3n) is 2.85. The number of urea groups is 1. The van der Waals surface area contributed by atoms with Crippen LogP contribution in [0.4, 0.5) is 16.2 Å². The van der Waals surface area contributed by atoms with Crippen molar-refractivity contribution in [2.24, 2.45) is 5.41 Å². The highest BCUT2D eigenvalue weighted by Crippen LogP contribution is 2.18. The second-order valence-electron chi connectivity index (χ2n) is 5.34. The number of benzene rings is 1. The van der Waals surface area contributed by atoms with Gasteiger partial charge in [-0.25, -0.2) is 4.79 Å². The number of ether oxygens (including phenoxy) is 1. The summed E-state index contributed by atoms with van der Waals surface area (Å²) >= 11 is 0. The van der Waals surface area contributed by atoms with Crippen molar-refractivity contribution in [2.45, 2.75) is 20.3 Å². The molecule has 5 nitrogen and oxygen atoms in total. The van der Waals surface area contributed by atoms with E-state index in [9.17, 15) is 4.79 Å². The Morgan fingerprint density at radius 1 is 1.42 bits per heavy atom. The number of nitrogen functional groups attached to an aromatic ring is 1. The lowest BCUT2D eigenvalue weighted by Crippen LogP contribution is -2.37. The van der Waals surface area contributed by atoms with Crippen LogP contribution in [0.5, 0.6) is 0 Å². The van der Waals surface area contributed by atoms with E-state index >= 15 is 0 Å². The Morgan fingerprint density at radius 2 is 2.16 bits per heavy atom. The molecule has 19 heavy (non-hydrogen) atoms. The second-order valence-corrected chi connectivity index (χ2v) is 5.34. The van der Waals surface area contributed by atoms with Gasteiger partial charge >= 0.3 is 6.03 Å². The highest BCUT2D eigenvalue weighted by atomic mass is 16.5. The van der Waals surface area contributed by atoms with E-state index in [0.29, 0.717) is 24.5 Å². The molecule has 0 atom stereocenters. The first-order valence-electron chi connectivity index (χ1n) is 6.32. The molecule has 2 amide bonds. The van der Waals surface area contributed by atoms with Gasteiger partial charge in [0.25, 0.3) is 0 Å². The number of hydrogen-bond acceptors (Lipinski definition) is 3. The van der Waals surface area contributed by atoms with Crippen LogP contribution in [0, 0.1) is 5.41 Å². The molecule has 4 N–H and O–H groups in total. The molecule has 0 bridgehead atoms. The summed E-state index contributed by atoms with van der Waals surface area (Å²) in [6.45, 7) is 5.45. The third-order valence-corrected chi connectivity index (χ3v) is 2.85. The zero-order chi connectivity index (χ0) is 14.3. The molecular formula is C14H23N3O2. The molecule has 0 aliphatic heterocycles. The van der Waals surface area contributed by atoms with Gasteiger partial charge in [-0.3, -0.25) is 0 Å². The highest BCUT2D eigenvalue weighted by Gasteiger charge is 2.18. The number of amides is 2. The molecule has 0 radical (unpaired) electrons. The number of carbonyl (C=O) groups excluding carboxylic acids is 1. The minimum Gasteiger partial charge on any atom is -0.399 e. The van der Waals surface area contributed by atoms with Crippen molar-refractivity contribution in [3.8, 4) is 0 Å². The molecule has 0 unspecified atom stereocenters. The van der Waals surface area contributed by atoms with Crippen LogP contribution in [0.25, 0.3) is 0 Å². The average molecular weight is 265 g/mol. The molecule has 0 spiro atoms. The van der Waals surface area contributed by atoms with Gasteiger partial charge in [0.2, 0.25) is 0 Å². The van der Waals surface area contributed by atoms with Gasteiger partial charge in [-0.1, -0.05) is 19.9 Å². The van der Waals surface area contributed by atoms with Gasteiger partial charge < -0.3 is 21.1 Å². The van der Waals surface area contributed by atoms with Gasteiger partial charge in [-0.2, -0.15) is 0 Å². The van der Waals surface area contributed by atoms with Gasteiger partial charge in [0.05, 0.1) is 0 Å². The summed E-state index contributed by atoms with van der Waals surface area (Å²) < 4.78 is 5.05. The van der Waals surface area contributed by atoms with E-state index < -0.39 is 0 Å². The summed E-state index contributed by atoms with van der Waals surface area (Å²) in [7, 11) is 1.68. The SMILES string of the molecule is COCCC(C)(C)CNC(=O)Nc1cccc(N)c1. The lowest BCUT2D eigenvalue weighted by Gasteiger charge is -2.24. The van der Waals surface area contributed by atoms with Gasteiger partial charge in [0.1, 0.15) is 0 Å². The van der Waals surface area contributed by atoms with E-state index in [1.54, 1.807) is 31.4 Å². The van der Waals surface area contributed by atoms with Crippen LogP contribution in [0.3, 0.4) is 0 Å². The van der Waals surface area contributed by atoms with Crippen LogP contribution in [-0.4, -0.2) is 26.3 Å². The predicted molar refractivity (Wildman–Crippen MR) is 78.1 cm³/mol. The molecular weight excluding hydrogens is 242 g/mol. The zero-order valence-electron chi connectivity index (χ0n) is 11.8. The maximum Gasteiger partial charge on any atom is 0.319 e. The largest absolute Gasteiger partial charge is 0.399 e. The van der Waals surface area contributed by atoms with Crippen molar-refractivity contribution in [2.75, 3.05) is 31.3 Å². The second kappa shape index (κ2) is 6.99. The van der Waals surface area contributed by atoms with Crippen molar-refractivity contribution in [3.63, 3.8) is 0 Å². The van der Waals surface area contributed by atoms with Gasteiger partial charge in [0.15, 0.2) is 0 Å². The lowest BCUT2D eigenvalue weighted by molar-refractivity contribution is 0.151. The van der Waals surface area contributed by atoms with Crippen molar-refractivity contribution in [1.82, 2.24) is 5.32 Å². The maximum absolute atomic E-state index is 11.7. The summed E-state index contributed by atoms with van der Waals surface area (Å²) in [5.41, 5.74) is 6.96. The Balaban J connectivity index is 2.39. The molecule has 1 aromatic rings. The molecule has 0 saturated heterocycles. The van der Waals surface area contributed by atoms with Crippen molar-refractivity contribution < 1.29 is 9.53 Å². The van der Waals surface area contributed by atoms with Gasteiger partial charge in [0, 0.05) is 31.6 Å². The van der Waals surface area contributed by atoms with Crippen LogP contribution in [0.15, 0.2) is 24.3 Å². The first-order valence-corrected chi connectivity index (χ1v) is 6.32. The molecule has 1 aromatic carbocycles. The summed E-state index contributed by atoms with van der Waals surface area (Å²) in [6, 6.07) is 6.86. The number of nitrogens with one attached hydrogen (secondary N) is 2. The predicted octanol–water partition coefficient (Wildman–Crippen LogP) is 2.45. The molecule has 1 rings (SSSR count). The fourth-order valence-corrected chi connectivity index (χ4v) is 1.58. The molecule has 0 fully saturated rings. The Morgan fingerprint density at radius 3 is 2.79 bits per heavy atom. The summed E-state index contributed by atoms with van der Waals surface area (Å²) in [5, 5.41) is 5.60. The Bertz CT molecular complexity index is 419. The first-order chi connectivity index (χ1) is 8.93. The summed E-state index contributed by atoms with van der Waals surface area (Å²) in [5.74, 6) is 0. The standard InChI is InChI=1S/C14H23N3O2/c1-14(2,7-8-19-3)10-16-13(18)17-12-6-4-5-11(15)9-12/h4-6,9H,7-8,10,15H2,1-3H3,(H2,16,17,18). The quantitative estimate of drug-likeness (QED) is 0.691. The molecule has 5 heteroatoms. The molecule has 0 aliphatic carbocycles. The number of hydrogen-bond donors (Lipinski definition) is 3.